The molecular weight excluding hydrogens is 336 g/mol. The summed E-state index contributed by atoms with van der Waals surface area (Å²) in [4.78, 5) is 45.9. The van der Waals surface area contributed by atoms with Crippen LogP contribution in [0.2, 0.25) is 0 Å². The molecule has 0 aromatic carbocycles. The summed E-state index contributed by atoms with van der Waals surface area (Å²) in [6, 6.07) is -4.08. The number of hydrogen-bond acceptors (Lipinski definition) is 7. The Kier molecular flexibility index (Phi) is 9.41. The van der Waals surface area contributed by atoms with Crippen LogP contribution >= 0.6 is 0 Å². The normalized spacial score (nSPS) is 15.4. The topological polar surface area (TPSA) is 200 Å². The Morgan fingerprint density at radius 1 is 1.16 bits per heavy atom. The zero-order valence-electron chi connectivity index (χ0n) is 14.4. The molecule has 0 saturated heterocycles. The molecule has 0 heterocycles. The van der Waals surface area contributed by atoms with E-state index in [4.69, 9.17) is 16.6 Å². The summed E-state index contributed by atoms with van der Waals surface area (Å²) in [5.41, 5.74) is 13.3. The molecule has 0 spiro atoms. The molecule has 0 aromatic rings. The number of nitrogens with two attached hydrogens (primary N) is 2. The van der Waals surface area contributed by atoms with Crippen LogP contribution in [0.15, 0.2) is 0 Å². The number of urea groups is 1. The van der Waals surface area contributed by atoms with Gasteiger partial charge in [-0.3, -0.25) is 19.4 Å². The largest absolute Gasteiger partial charge is 0.480 e. The molecule has 0 rings (SSSR count). The molecule has 0 bridgehead atoms. The zero-order valence-corrected chi connectivity index (χ0v) is 14.4. The summed E-state index contributed by atoms with van der Waals surface area (Å²) in [5.74, 6) is -2.80. The highest BCUT2D eigenvalue weighted by molar-refractivity contribution is 5.91. The van der Waals surface area contributed by atoms with Gasteiger partial charge in [-0.2, -0.15) is 0 Å². The Labute approximate surface area is 144 Å². The molecule has 12 nitrogen and oxygen atoms in total. The lowest BCUT2D eigenvalue weighted by Gasteiger charge is -2.26. The van der Waals surface area contributed by atoms with Crippen LogP contribution in [0.1, 0.15) is 20.3 Å². The lowest BCUT2D eigenvalue weighted by molar-refractivity contribution is -0.138. The molecule has 0 radical (unpaired) electrons. The standard InChI is InChI=1S/C13H26N6O6/c1-6(12(23)24)17-13(25)18-9(4-10(15)21)11(22)19(3)16-5-8(14)7(2)20/h6-9,16,20H,4-5,14H2,1-3H3,(H2,15,21)(H,23,24)(H2,17,18,25)/t6-,7?,8+,9-/m0/s1. The molecule has 4 atom stereocenters. The Balaban J connectivity index is 4.83. The van der Waals surface area contributed by atoms with Crippen molar-refractivity contribution >= 4 is 23.8 Å². The highest BCUT2D eigenvalue weighted by Gasteiger charge is 2.27. The average Bonchev–Trinajstić information content (AvgIpc) is 2.49. The second-order valence-electron chi connectivity index (χ2n) is 5.56. The van der Waals surface area contributed by atoms with E-state index < -0.39 is 54.5 Å². The molecule has 0 aromatic heterocycles. The van der Waals surface area contributed by atoms with Gasteiger partial charge in [0.25, 0.3) is 5.91 Å². The third-order valence-corrected chi connectivity index (χ3v) is 3.24. The predicted molar refractivity (Wildman–Crippen MR) is 86.8 cm³/mol. The van der Waals surface area contributed by atoms with Crippen LogP contribution < -0.4 is 27.5 Å². The van der Waals surface area contributed by atoms with Crippen LogP contribution in [0.3, 0.4) is 0 Å². The van der Waals surface area contributed by atoms with Crippen molar-refractivity contribution in [3.63, 3.8) is 0 Å². The van der Waals surface area contributed by atoms with Crippen molar-refractivity contribution in [1.82, 2.24) is 21.1 Å². The number of likely N-dealkylation sites (N-methyl/N-ethyl adjacent to an activating group) is 1. The van der Waals surface area contributed by atoms with Crippen LogP contribution in [0.5, 0.6) is 0 Å². The van der Waals surface area contributed by atoms with Gasteiger partial charge in [-0.05, 0) is 13.8 Å². The predicted octanol–water partition coefficient (Wildman–Crippen LogP) is -3.33. The maximum atomic E-state index is 12.3. The number of aliphatic hydroxyl groups excluding tert-OH is 1. The Morgan fingerprint density at radius 3 is 2.16 bits per heavy atom. The third kappa shape index (κ3) is 8.83. The van der Waals surface area contributed by atoms with Crippen molar-refractivity contribution in [3.05, 3.63) is 0 Å². The van der Waals surface area contributed by atoms with Gasteiger partial charge >= 0.3 is 12.0 Å². The van der Waals surface area contributed by atoms with Gasteiger partial charge in [-0.1, -0.05) is 0 Å². The number of aliphatic carboxylic acids is 1. The monoisotopic (exact) mass is 362 g/mol. The summed E-state index contributed by atoms with van der Waals surface area (Å²) in [7, 11) is 1.34. The number of aliphatic hydroxyl groups is 1. The first kappa shape index (κ1) is 22.6. The number of carboxylic acids is 1. The third-order valence-electron chi connectivity index (χ3n) is 3.24. The van der Waals surface area contributed by atoms with E-state index in [2.05, 4.69) is 16.1 Å². The molecule has 1 unspecified atom stereocenters. The number of amides is 4. The smallest absolute Gasteiger partial charge is 0.325 e. The van der Waals surface area contributed by atoms with Gasteiger partial charge in [0.15, 0.2) is 0 Å². The highest BCUT2D eigenvalue weighted by atomic mass is 16.4. The maximum absolute atomic E-state index is 12.3. The lowest BCUT2D eigenvalue weighted by atomic mass is 10.2. The van der Waals surface area contributed by atoms with E-state index in [0.29, 0.717) is 0 Å². The van der Waals surface area contributed by atoms with Crippen LogP contribution in [0.4, 0.5) is 4.79 Å². The number of nitrogens with zero attached hydrogens (tertiary/aromatic N) is 1. The van der Waals surface area contributed by atoms with Crippen molar-refractivity contribution in [2.45, 2.75) is 44.5 Å². The molecule has 0 saturated carbocycles. The summed E-state index contributed by atoms with van der Waals surface area (Å²) >= 11 is 0. The molecule has 0 aliphatic rings. The number of carbonyl (C=O) groups excluding carboxylic acids is 3. The molecule has 25 heavy (non-hydrogen) atoms. The number of carbonyl (C=O) groups is 4. The Hall–Kier alpha value is -2.44. The molecular formula is C13H26N6O6. The van der Waals surface area contributed by atoms with Gasteiger partial charge in [0.05, 0.1) is 12.5 Å². The Bertz CT molecular complexity index is 499. The van der Waals surface area contributed by atoms with Gasteiger partial charge in [-0.25, -0.2) is 10.2 Å². The summed E-state index contributed by atoms with van der Waals surface area (Å²) in [5, 5.41) is 23.3. The lowest BCUT2D eigenvalue weighted by Crippen LogP contribution is -2.57. The summed E-state index contributed by atoms with van der Waals surface area (Å²) < 4.78 is 0. The number of primary amides is 1. The minimum atomic E-state index is -1.31. The summed E-state index contributed by atoms with van der Waals surface area (Å²) in [6.45, 7) is 2.78. The van der Waals surface area contributed by atoms with E-state index in [1.165, 1.54) is 20.9 Å². The van der Waals surface area contributed by atoms with Gasteiger partial charge < -0.3 is 32.3 Å². The zero-order chi connectivity index (χ0) is 19.7. The van der Waals surface area contributed by atoms with Crippen LogP contribution in [-0.4, -0.2) is 76.9 Å². The van der Waals surface area contributed by atoms with E-state index in [0.717, 1.165) is 5.01 Å². The van der Waals surface area contributed by atoms with E-state index >= 15 is 0 Å². The molecule has 0 aliphatic carbocycles. The Morgan fingerprint density at radius 2 is 1.72 bits per heavy atom. The molecule has 12 heteroatoms. The van der Waals surface area contributed by atoms with Crippen molar-refractivity contribution in [3.8, 4) is 0 Å². The van der Waals surface area contributed by atoms with E-state index in [9.17, 15) is 24.3 Å². The number of nitrogens with one attached hydrogen (secondary N) is 3. The van der Waals surface area contributed by atoms with Gasteiger partial charge in [0.1, 0.15) is 12.1 Å². The maximum Gasteiger partial charge on any atom is 0.325 e. The number of rotatable bonds is 10. The minimum absolute atomic E-state index is 0.0610. The number of carboxylic acid groups (broad SMARTS) is 1. The number of hydrogen-bond donors (Lipinski definition) is 7. The quantitative estimate of drug-likeness (QED) is 0.196. The molecule has 4 amide bonds. The molecule has 9 N–H and O–H groups in total. The fourth-order valence-corrected chi connectivity index (χ4v) is 1.58. The first-order valence-electron chi connectivity index (χ1n) is 7.48. The highest BCUT2D eigenvalue weighted by Crippen LogP contribution is 1.98. The van der Waals surface area contributed by atoms with Gasteiger partial charge in [0, 0.05) is 19.6 Å². The molecule has 0 aliphatic heterocycles. The minimum Gasteiger partial charge on any atom is -0.480 e. The van der Waals surface area contributed by atoms with Crippen molar-refractivity contribution in [2.75, 3.05) is 13.6 Å². The van der Waals surface area contributed by atoms with Gasteiger partial charge in [-0.15, -0.1) is 0 Å². The van der Waals surface area contributed by atoms with E-state index in [-0.39, 0.29) is 6.54 Å². The van der Waals surface area contributed by atoms with Crippen LogP contribution in [0, 0.1) is 0 Å². The van der Waals surface area contributed by atoms with Crippen LogP contribution in [-0.2, 0) is 14.4 Å². The fraction of sp³-hybridized carbons (Fsp3) is 0.692. The van der Waals surface area contributed by atoms with E-state index in [1.54, 1.807) is 0 Å². The molecule has 144 valence electrons. The SMILES string of the molecule is CC(O)[C@H](N)CNN(C)C(=O)[C@H](CC(N)=O)NC(=O)N[C@@H](C)C(=O)O. The average molecular weight is 362 g/mol. The molecule has 0 fully saturated rings. The van der Waals surface area contributed by atoms with Crippen molar-refractivity contribution in [2.24, 2.45) is 11.5 Å². The first-order chi connectivity index (χ1) is 11.5. The second-order valence-corrected chi connectivity index (χ2v) is 5.56. The second kappa shape index (κ2) is 10.4. The van der Waals surface area contributed by atoms with E-state index in [1.807, 2.05) is 0 Å². The van der Waals surface area contributed by atoms with Crippen molar-refractivity contribution in [1.29, 1.82) is 0 Å². The van der Waals surface area contributed by atoms with Gasteiger partial charge in [0.2, 0.25) is 5.91 Å². The summed E-state index contributed by atoms with van der Waals surface area (Å²) in [6.07, 6.45) is -1.29. The van der Waals surface area contributed by atoms with Crippen molar-refractivity contribution < 1.29 is 29.4 Å². The number of hydrazine groups is 1. The van der Waals surface area contributed by atoms with Crippen LogP contribution in [0.25, 0.3) is 0 Å². The first-order valence-corrected chi connectivity index (χ1v) is 7.48. The fourth-order valence-electron chi connectivity index (χ4n) is 1.58.